The van der Waals surface area contributed by atoms with Gasteiger partial charge in [-0.15, -0.1) is 12.4 Å². The van der Waals surface area contributed by atoms with Crippen molar-refractivity contribution >= 4 is 18.3 Å². The van der Waals surface area contributed by atoms with Gasteiger partial charge >= 0.3 is 0 Å². The number of halogens is 1. The van der Waals surface area contributed by atoms with E-state index in [0.717, 1.165) is 12.1 Å². The molecule has 0 saturated carbocycles. The van der Waals surface area contributed by atoms with Gasteiger partial charge in [-0.2, -0.15) is 5.10 Å². The number of nitrogens with zero attached hydrogens (tertiary/aromatic N) is 3. The predicted molar refractivity (Wildman–Crippen MR) is 110 cm³/mol. The first-order valence-electron chi connectivity index (χ1n) is 9.24. The summed E-state index contributed by atoms with van der Waals surface area (Å²) in [5, 5.41) is 4.53. The van der Waals surface area contributed by atoms with Gasteiger partial charge in [0.15, 0.2) is 11.4 Å². The van der Waals surface area contributed by atoms with E-state index in [9.17, 15) is 4.79 Å². The van der Waals surface area contributed by atoms with Gasteiger partial charge in [0.25, 0.3) is 5.91 Å². The van der Waals surface area contributed by atoms with Gasteiger partial charge in [0.05, 0.1) is 18.5 Å². The van der Waals surface area contributed by atoms with Crippen molar-refractivity contribution in [2.75, 3.05) is 33.4 Å². The Kier molecular flexibility index (Phi) is 7.46. The van der Waals surface area contributed by atoms with Crippen LogP contribution in [0.2, 0.25) is 0 Å². The average Bonchev–Trinajstić information content (AvgIpc) is 3.08. The molecule has 1 aromatic carbocycles. The molecule has 1 aromatic heterocycles. The van der Waals surface area contributed by atoms with Gasteiger partial charge < -0.3 is 20.1 Å². The Bertz CT molecular complexity index is 779. The number of piperidine rings is 1. The maximum Gasteiger partial charge on any atom is 0.278 e. The number of para-hydroxylation sites is 1. The zero-order valence-electron chi connectivity index (χ0n) is 16.6. The SMILES string of the molecule is COCCOc1cn(-c2ccccc2)nc1C(=O)N1CCC(N)C(C)(C)C1.Cl. The molecule has 1 atom stereocenters. The standard InChI is InChI=1S/C20H28N4O3.ClH/c1-20(2)14-23(10-9-17(20)21)19(25)18-16(27-12-11-26-3)13-24(22-18)15-7-5-4-6-8-15;/h4-8,13,17H,9-12,14,21H2,1-3H3;1H. The molecule has 1 aliphatic rings. The van der Waals surface area contributed by atoms with E-state index >= 15 is 0 Å². The van der Waals surface area contributed by atoms with E-state index in [0.29, 0.717) is 37.7 Å². The first-order valence-corrected chi connectivity index (χ1v) is 9.24. The minimum absolute atomic E-state index is 0. The molecule has 0 bridgehead atoms. The van der Waals surface area contributed by atoms with Crippen molar-refractivity contribution in [3.05, 3.63) is 42.2 Å². The molecule has 7 nitrogen and oxygen atoms in total. The fourth-order valence-electron chi connectivity index (χ4n) is 3.26. The molecule has 8 heteroatoms. The number of carbonyl (C=O) groups is 1. The molecular formula is C20H29ClN4O3. The second-order valence-corrected chi connectivity index (χ2v) is 7.57. The highest BCUT2D eigenvalue weighted by molar-refractivity contribution is 5.95. The summed E-state index contributed by atoms with van der Waals surface area (Å²) in [7, 11) is 1.61. The molecule has 1 saturated heterocycles. The normalized spacial score (nSPS) is 18.4. The predicted octanol–water partition coefficient (Wildman–Crippen LogP) is 2.52. The third kappa shape index (κ3) is 4.84. The average molecular weight is 409 g/mol. The number of hydrogen-bond donors (Lipinski definition) is 1. The lowest BCUT2D eigenvalue weighted by molar-refractivity contribution is 0.0521. The third-order valence-corrected chi connectivity index (χ3v) is 5.05. The van der Waals surface area contributed by atoms with Crippen molar-refractivity contribution in [1.82, 2.24) is 14.7 Å². The maximum absolute atomic E-state index is 13.2. The Morgan fingerprint density at radius 2 is 2.00 bits per heavy atom. The van der Waals surface area contributed by atoms with Crippen LogP contribution >= 0.6 is 12.4 Å². The first kappa shape index (κ1) is 22.2. The number of ether oxygens (including phenoxy) is 2. The van der Waals surface area contributed by atoms with Crippen molar-refractivity contribution in [2.24, 2.45) is 11.1 Å². The number of methoxy groups -OCH3 is 1. The third-order valence-electron chi connectivity index (χ3n) is 5.05. The maximum atomic E-state index is 13.2. The summed E-state index contributed by atoms with van der Waals surface area (Å²) in [6.07, 6.45) is 2.52. The van der Waals surface area contributed by atoms with Crippen LogP contribution in [0.1, 0.15) is 30.8 Å². The van der Waals surface area contributed by atoms with Crippen LogP contribution in [-0.2, 0) is 4.74 Å². The van der Waals surface area contributed by atoms with Crippen molar-refractivity contribution < 1.29 is 14.3 Å². The fourth-order valence-corrected chi connectivity index (χ4v) is 3.26. The van der Waals surface area contributed by atoms with E-state index in [2.05, 4.69) is 18.9 Å². The van der Waals surface area contributed by atoms with Gasteiger partial charge in [-0.1, -0.05) is 32.0 Å². The van der Waals surface area contributed by atoms with E-state index in [-0.39, 0.29) is 29.8 Å². The summed E-state index contributed by atoms with van der Waals surface area (Å²) in [4.78, 5) is 15.0. The zero-order chi connectivity index (χ0) is 19.4. The molecule has 0 radical (unpaired) electrons. The van der Waals surface area contributed by atoms with Crippen LogP contribution in [0.15, 0.2) is 36.5 Å². The number of carbonyl (C=O) groups excluding carboxylic acids is 1. The molecular weight excluding hydrogens is 380 g/mol. The summed E-state index contributed by atoms with van der Waals surface area (Å²) < 4.78 is 12.5. The van der Waals surface area contributed by atoms with E-state index in [1.54, 1.807) is 18.0 Å². The van der Waals surface area contributed by atoms with Gasteiger partial charge in [0, 0.05) is 26.2 Å². The lowest BCUT2D eigenvalue weighted by Crippen LogP contribution is -2.54. The number of benzene rings is 1. The van der Waals surface area contributed by atoms with Gasteiger partial charge in [0.2, 0.25) is 0 Å². The largest absolute Gasteiger partial charge is 0.487 e. The fraction of sp³-hybridized carbons (Fsp3) is 0.500. The summed E-state index contributed by atoms with van der Waals surface area (Å²) in [6.45, 7) is 6.20. The zero-order valence-corrected chi connectivity index (χ0v) is 17.4. The summed E-state index contributed by atoms with van der Waals surface area (Å²) in [5.41, 5.74) is 7.27. The molecule has 1 aliphatic heterocycles. The Balaban J connectivity index is 0.00000280. The van der Waals surface area contributed by atoms with E-state index in [1.165, 1.54) is 0 Å². The molecule has 28 heavy (non-hydrogen) atoms. The lowest BCUT2D eigenvalue weighted by Gasteiger charge is -2.42. The molecule has 0 aliphatic carbocycles. The van der Waals surface area contributed by atoms with Crippen LogP contribution in [-0.4, -0.2) is 60.0 Å². The minimum atomic E-state index is -0.132. The minimum Gasteiger partial charge on any atom is -0.487 e. The van der Waals surface area contributed by atoms with Gasteiger partial charge in [-0.05, 0) is 24.0 Å². The van der Waals surface area contributed by atoms with Crippen LogP contribution in [0.5, 0.6) is 5.75 Å². The van der Waals surface area contributed by atoms with Gasteiger partial charge in [-0.25, -0.2) is 4.68 Å². The molecule has 1 fully saturated rings. The molecule has 2 N–H and O–H groups in total. The summed E-state index contributed by atoms with van der Waals surface area (Å²) >= 11 is 0. The Morgan fingerprint density at radius 1 is 1.29 bits per heavy atom. The quantitative estimate of drug-likeness (QED) is 0.742. The van der Waals surface area contributed by atoms with Crippen molar-refractivity contribution in [1.29, 1.82) is 0 Å². The first-order chi connectivity index (χ1) is 12.9. The number of likely N-dealkylation sites (tertiary alicyclic amines) is 1. The lowest BCUT2D eigenvalue weighted by atomic mass is 9.79. The van der Waals surface area contributed by atoms with Gasteiger partial charge in [0.1, 0.15) is 6.61 Å². The van der Waals surface area contributed by atoms with Crippen LogP contribution in [0.3, 0.4) is 0 Å². The Hall–Kier alpha value is -2.09. The summed E-state index contributed by atoms with van der Waals surface area (Å²) in [5.74, 6) is 0.339. The number of nitrogens with two attached hydrogens (primary N) is 1. The van der Waals surface area contributed by atoms with Crippen LogP contribution in [0.4, 0.5) is 0 Å². The van der Waals surface area contributed by atoms with E-state index in [1.807, 2.05) is 35.2 Å². The molecule has 3 rings (SSSR count). The molecule has 154 valence electrons. The highest BCUT2D eigenvalue weighted by atomic mass is 35.5. The van der Waals surface area contributed by atoms with Crippen molar-refractivity contribution in [3.63, 3.8) is 0 Å². The van der Waals surface area contributed by atoms with Crippen molar-refractivity contribution in [2.45, 2.75) is 26.3 Å². The molecule has 0 spiro atoms. The summed E-state index contributed by atoms with van der Waals surface area (Å²) in [6, 6.07) is 9.75. The number of hydrogen-bond acceptors (Lipinski definition) is 5. The Morgan fingerprint density at radius 3 is 2.64 bits per heavy atom. The smallest absolute Gasteiger partial charge is 0.278 e. The van der Waals surface area contributed by atoms with Crippen molar-refractivity contribution in [3.8, 4) is 11.4 Å². The van der Waals surface area contributed by atoms with E-state index < -0.39 is 0 Å². The highest BCUT2D eigenvalue weighted by Crippen LogP contribution is 2.30. The molecule has 1 amide bonds. The van der Waals surface area contributed by atoms with Crippen LogP contribution < -0.4 is 10.5 Å². The second kappa shape index (κ2) is 9.41. The highest BCUT2D eigenvalue weighted by Gasteiger charge is 2.37. The molecule has 2 aromatic rings. The van der Waals surface area contributed by atoms with Gasteiger partial charge in [-0.3, -0.25) is 4.79 Å². The monoisotopic (exact) mass is 408 g/mol. The van der Waals surface area contributed by atoms with Crippen LogP contribution in [0.25, 0.3) is 5.69 Å². The van der Waals surface area contributed by atoms with E-state index in [4.69, 9.17) is 15.2 Å². The topological polar surface area (TPSA) is 82.6 Å². The number of amides is 1. The Labute approximate surface area is 172 Å². The van der Waals surface area contributed by atoms with Crippen LogP contribution in [0, 0.1) is 5.41 Å². The molecule has 2 heterocycles. The molecule has 1 unspecified atom stereocenters. The number of rotatable bonds is 6. The second-order valence-electron chi connectivity index (χ2n) is 7.57. The number of aromatic nitrogens is 2.